The van der Waals surface area contributed by atoms with Crippen molar-refractivity contribution in [2.75, 3.05) is 11.9 Å². The second-order valence-electron chi connectivity index (χ2n) is 8.96. The number of para-hydroxylation sites is 1. The van der Waals surface area contributed by atoms with Crippen LogP contribution >= 0.6 is 11.3 Å². The van der Waals surface area contributed by atoms with Crippen LogP contribution in [0.1, 0.15) is 25.3 Å². The summed E-state index contributed by atoms with van der Waals surface area (Å²) in [5, 5.41) is 4.36. The van der Waals surface area contributed by atoms with Gasteiger partial charge in [0.05, 0.1) is 18.5 Å². The normalized spacial score (nSPS) is 12.2. The summed E-state index contributed by atoms with van der Waals surface area (Å²) >= 11 is 1.97. The third-order valence-electron chi connectivity index (χ3n) is 5.59. The van der Waals surface area contributed by atoms with Gasteiger partial charge in [-0.2, -0.15) is 0 Å². The lowest BCUT2D eigenvalue weighted by Gasteiger charge is -2.24. The highest BCUT2D eigenvalue weighted by Crippen LogP contribution is 2.42. The maximum absolute atomic E-state index is 2.44. The SMILES string of the molecule is CC(C)c1ccccc1N(C)c1cccc2c1sc1c([Si](C)(C)C)cccc12. The van der Waals surface area contributed by atoms with Gasteiger partial charge in [-0.15, -0.1) is 11.3 Å². The number of hydrogen-bond acceptors (Lipinski definition) is 2. The number of fused-ring (bicyclic) bond motifs is 3. The third kappa shape index (κ3) is 3.17. The number of rotatable bonds is 4. The zero-order valence-electron chi connectivity index (χ0n) is 17.7. The summed E-state index contributed by atoms with van der Waals surface area (Å²) in [6.07, 6.45) is 0. The molecule has 0 N–H and O–H groups in total. The molecule has 3 heteroatoms. The number of nitrogens with zero attached hydrogens (tertiary/aromatic N) is 1. The Balaban J connectivity index is 1.97. The second-order valence-corrected chi connectivity index (χ2v) is 15.0. The molecule has 3 aromatic carbocycles. The molecule has 0 fully saturated rings. The van der Waals surface area contributed by atoms with Crippen LogP contribution in [0.5, 0.6) is 0 Å². The molecule has 0 spiro atoms. The third-order valence-corrected chi connectivity index (χ3v) is 9.08. The van der Waals surface area contributed by atoms with Crippen LogP contribution in [0.2, 0.25) is 19.6 Å². The van der Waals surface area contributed by atoms with Gasteiger partial charge in [-0.05, 0) is 28.8 Å². The van der Waals surface area contributed by atoms with E-state index in [2.05, 4.69) is 106 Å². The lowest BCUT2D eigenvalue weighted by Crippen LogP contribution is -2.37. The minimum Gasteiger partial charge on any atom is -0.343 e. The van der Waals surface area contributed by atoms with E-state index in [1.165, 1.54) is 37.1 Å². The van der Waals surface area contributed by atoms with Gasteiger partial charge >= 0.3 is 0 Å². The molecule has 4 aromatic rings. The minimum absolute atomic E-state index is 0.499. The lowest BCUT2D eigenvalue weighted by molar-refractivity contribution is 0.862. The van der Waals surface area contributed by atoms with Gasteiger partial charge in [0, 0.05) is 28.2 Å². The molecule has 0 aliphatic rings. The topological polar surface area (TPSA) is 3.24 Å². The Kier molecular flexibility index (Phi) is 4.84. The highest BCUT2D eigenvalue weighted by atomic mass is 32.1. The van der Waals surface area contributed by atoms with Crippen LogP contribution < -0.4 is 10.1 Å². The number of anilines is 2. The Labute approximate surface area is 173 Å². The van der Waals surface area contributed by atoms with Crippen LogP contribution in [0.3, 0.4) is 0 Å². The molecule has 1 nitrogen and oxygen atoms in total. The fourth-order valence-corrected chi connectivity index (χ4v) is 7.82. The van der Waals surface area contributed by atoms with E-state index in [9.17, 15) is 0 Å². The van der Waals surface area contributed by atoms with Gasteiger partial charge in [-0.3, -0.25) is 0 Å². The summed E-state index contributed by atoms with van der Waals surface area (Å²) in [5.41, 5.74) is 3.99. The number of benzene rings is 3. The first-order valence-electron chi connectivity index (χ1n) is 10.1. The lowest BCUT2D eigenvalue weighted by atomic mass is 10.00. The van der Waals surface area contributed by atoms with E-state index in [-0.39, 0.29) is 0 Å². The van der Waals surface area contributed by atoms with Crippen molar-refractivity contribution in [3.05, 3.63) is 66.2 Å². The van der Waals surface area contributed by atoms with Gasteiger partial charge in [-0.1, -0.05) is 82.0 Å². The first-order chi connectivity index (χ1) is 13.3. The summed E-state index contributed by atoms with van der Waals surface area (Å²) in [6.45, 7) is 11.9. The van der Waals surface area contributed by atoms with E-state index in [1.807, 2.05) is 11.3 Å². The molecular weight excluding hydrogens is 374 g/mol. The molecule has 28 heavy (non-hydrogen) atoms. The van der Waals surface area contributed by atoms with Crippen molar-refractivity contribution in [1.82, 2.24) is 0 Å². The first kappa shape index (κ1) is 19.2. The van der Waals surface area contributed by atoms with Gasteiger partial charge in [-0.25, -0.2) is 0 Å². The fourth-order valence-electron chi connectivity index (χ4n) is 4.07. The van der Waals surface area contributed by atoms with E-state index < -0.39 is 8.07 Å². The van der Waals surface area contributed by atoms with Crippen LogP contribution in [0.15, 0.2) is 60.7 Å². The molecule has 4 rings (SSSR count). The molecule has 0 unspecified atom stereocenters. The maximum Gasteiger partial charge on any atom is 0.0794 e. The summed E-state index contributed by atoms with van der Waals surface area (Å²) in [5.74, 6) is 0.499. The van der Waals surface area contributed by atoms with Gasteiger partial charge < -0.3 is 4.90 Å². The zero-order chi connectivity index (χ0) is 20.1. The fraction of sp³-hybridized carbons (Fsp3) is 0.280. The number of thiophene rings is 1. The number of hydrogen-bond donors (Lipinski definition) is 0. The summed E-state index contributed by atoms with van der Waals surface area (Å²) in [7, 11) is 0.812. The Morgan fingerprint density at radius 3 is 2.04 bits per heavy atom. The van der Waals surface area contributed by atoms with Crippen LogP contribution in [0.25, 0.3) is 20.2 Å². The van der Waals surface area contributed by atoms with E-state index in [0.29, 0.717) is 5.92 Å². The molecule has 144 valence electrons. The monoisotopic (exact) mass is 403 g/mol. The molecule has 0 atom stereocenters. The van der Waals surface area contributed by atoms with Crippen molar-refractivity contribution in [1.29, 1.82) is 0 Å². The molecule has 0 saturated heterocycles. The van der Waals surface area contributed by atoms with E-state index in [0.717, 1.165) is 0 Å². The van der Waals surface area contributed by atoms with Crippen LogP contribution in [0, 0.1) is 0 Å². The highest BCUT2D eigenvalue weighted by Gasteiger charge is 2.22. The predicted molar refractivity (Wildman–Crippen MR) is 131 cm³/mol. The molecule has 1 heterocycles. The average molecular weight is 404 g/mol. The molecule has 1 aromatic heterocycles. The van der Waals surface area contributed by atoms with Gasteiger partial charge in [0.2, 0.25) is 0 Å². The summed E-state index contributed by atoms with van der Waals surface area (Å²) < 4.78 is 2.87. The quantitative estimate of drug-likeness (QED) is 0.319. The molecule has 0 saturated carbocycles. The summed E-state index contributed by atoms with van der Waals surface area (Å²) in [6, 6.07) is 22.4. The Bertz CT molecular complexity index is 1150. The Hall–Kier alpha value is -2.10. The van der Waals surface area contributed by atoms with Crippen LogP contribution in [-0.2, 0) is 0 Å². The van der Waals surface area contributed by atoms with Crippen molar-refractivity contribution < 1.29 is 0 Å². The average Bonchev–Trinajstić information content (AvgIpc) is 3.05. The molecule has 0 aliphatic carbocycles. The molecule has 0 bridgehead atoms. The molecular formula is C25H29NSSi. The largest absolute Gasteiger partial charge is 0.343 e. The maximum atomic E-state index is 2.44. The van der Waals surface area contributed by atoms with Crippen molar-refractivity contribution in [3.8, 4) is 0 Å². The molecule has 0 radical (unpaired) electrons. The summed E-state index contributed by atoms with van der Waals surface area (Å²) in [4.78, 5) is 2.38. The van der Waals surface area contributed by atoms with E-state index >= 15 is 0 Å². The Morgan fingerprint density at radius 1 is 0.750 bits per heavy atom. The van der Waals surface area contributed by atoms with Crippen molar-refractivity contribution in [2.24, 2.45) is 0 Å². The Morgan fingerprint density at radius 2 is 1.36 bits per heavy atom. The van der Waals surface area contributed by atoms with E-state index in [1.54, 1.807) is 5.19 Å². The predicted octanol–water partition coefficient (Wildman–Crippen LogP) is 7.49. The minimum atomic E-state index is -1.40. The second kappa shape index (κ2) is 7.05. The van der Waals surface area contributed by atoms with Gasteiger partial charge in [0.25, 0.3) is 0 Å². The zero-order valence-corrected chi connectivity index (χ0v) is 19.5. The standard InChI is InChI=1S/C25H29NSSi/c1-17(2)18-11-7-8-14-21(18)26(3)22-15-9-12-19-20-13-10-16-23(28(4,5)6)25(20)27-24(19)22/h7-17H,1-6H3. The van der Waals surface area contributed by atoms with Gasteiger partial charge in [0.15, 0.2) is 0 Å². The highest BCUT2D eigenvalue weighted by molar-refractivity contribution is 7.28. The van der Waals surface area contributed by atoms with Crippen LogP contribution in [-0.4, -0.2) is 15.1 Å². The molecule has 0 amide bonds. The van der Waals surface area contributed by atoms with E-state index in [4.69, 9.17) is 0 Å². The smallest absolute Gasteiger partial charge is 0.0794 e. The first-order valence-corrected chi connectivity index (χ1v) is 14.4. The van der Waals surface area contributed by atoms with Crippen molar-refractivity contribution >= 4 is 56.1 Å². The molecule has 0 aliphatic heterocycles. The van der Waals surface area contributed by atoms with Gasteiger partial charge in [0.1, 0.15) is 0 Å². The van der Waals surface area contributed by atoms with Crippen LogP contribution in [0.4, 0.5) is 11.4 Å². The van der Waals surface area contributed by atoms with Crippen molar-refractivity contribution in [2.45, 2.75) is 39.4 Å². The van der Waals surface area contributed by atoms with Crippen molar-refractivity contribution in [3.63, 3.8) is 0 Å².